The number of hydrogen-bond donors (Lipinski definition) is 1. The van der Waals surface area contributed by atoms with Crippen LogP contribution in [-0.2, 0) is 9.68 Å². The first-order valence-electron chi connectivity index (χ1n) is 2.28. The van der Waals surface area contributed by atoms with E-state index in [1.165, 1.54) is 13.8 Å². The van der Waals surface area contributed by atoms with Gasteiger partial charge in [-0.05, 0) is 13.8 Å². The standard InChI is InChI=1S/C5H7ClO3/c1-3(4(2)6)5(7)9-8/h8H,1-2H3. The van der Waals surface area contributed by atoms with Gasteiger partial charge in [0, 0.05) is 5.03 Å². The Morgan fingerprint density at radius 2 is 2.00 bits per heavy atom. The zero-order chi connectivity index (χ0) is 7.44. The lowest BCUT2D eigenvalue weighted by Crippen LogP contribution is -2.02. The van der Waals surface area contributed by atoms with Crippen LogP contribution in [0, 0.1) is 0 Å². The van der Waals surface area contributed by atoms with E-state index in [1.54, 1.807) is 0 Å². The molecule has 0 aliphatic rings. The number of allylic oxidation sites excluding steroid dienone is 1. The van der Waals surface area contributed by atoms with Gasteiger partial charge < -0.3 is 0 Å². The highest BCUT2D eigenvalue weighted by Gasteiger charge is 2.06. The first-order chi connectivity index (χ1) is 4.09. The lowest BCUT2D eigenvalue weighted by atomic mass is 10.3. The van der Waals surface area contributed by atoms with E-state index in [-0.39, 0.29) is 5.57 Å². The molecule has 9 heavy (non-hydrogen) atoms. The van der Waals surface area contributed by atoms with Crippen LogP contribution in [-0.4, -0.2) is 11.2 Å². The van der Waals surface area contributed by atoms with Crippen molar-refractivity contribution in [3.63, 3.8) is 0 Å². The van der Waals surface area contributed by atoms with Crippen molar-refractivity contribution in [2.75, 3.05) is 0 Å². The lowest BCUT2D eigenvalue weighted by Gasteiger charge is -1.94. The molecule has 0 aliphatic carbocycles. The average molecular weight is 151 g/mol. The highest BCUT2D eigenvalue weighted by molar-refractivity contribution is 6.31. The van der Waals surface area contributed by atoms with E-state index in [4.69, 9.17) is 16.9 Å². The molecule has 0 aromatic heterocycles. The smallest absolute Gasteiger partial charge is 0.296 e. The predicted octanol–water partition coefficient (Wildman–Crippen LogP) is 1.54. The summed E-state index contributed by atoms with van der Waals surface area (Å²) in [5, 5.41) is 8.13. The summed E-state index contributed by atoms with van der Waals surface area (Å²) in [6.45, 7) is 2.99. The molecule has 1 N–H and O–H groups in total. The maximum atomic E-state index is 10.3. The highest BCUT2D eigenvalue weighted by Crippen LogP contribution is 2.07. The van der Waals surface area contributed by atoms with E-state index < -0.39 is 5.97 Å². The third kappa shape index (κ3) is 2.49. The zero-order valence-corrected chi connectivity index (χ0v) is 5.90. The van der Waals surface area contributed by atoms with Crippen LogP contribution in [0.25, 0.3) is 0 Å². The van der Waals surface area contributed by atoms with Crippen LogP contribution in [0.1, 0.15) is 13.8 Å². The summed E-state index contributed by atoms with van der Waals surface area (Å²) in [6.07, 6.45) is 0. The van der Waals surface area contributed by atoms with E-state index in [9.17, 15) is 4.79 Å². The summed E-state index contributed by atoms with van der Waals surface area (Å²) in [5.74, 6) is -0.817. The van der Waals surface area contributed by atoms with Gasteiger partial charge in [0.05, 0.1) is 5.57 Å². The molecular formula is C5H7ClO3. The van der Waals surface area contributed by atoms with E-state index in [2.05, 4.69) is 4.89 Å². The number of rotatable bonds is 1. The van der Waals surface area contributed by atoms with Gasteiger partial charge in [-0.25, -0.2) is 4.79 Å². The zero-order valence-electron chi connectivity index (χ0n) is 5.14. The van der Waals surface area contributed by atoms with Crippen LogP contribution < -0.4 is 0 Å². The van der Waals surface area contributed by atoms with Crippen molar-refractivity contribution < 1.29 is 14.9 Å². The molecule has 0 radical (unpaired) electrons. The Balaban J connectivity index is 4.21. The predicted molar refractivity (Wildman–Crippen MR) is 32.9 cm³/mol. The summed E-state index contributed by atoms with van der Waals surface area (Å²) in [6, 6.07) is 0. The van der Waals surface area contributed by atoms with Crippen molar-refractivity contribution in [1.29, 1.82) is 0 Å². The van der Waals surface area contributed by atoms with Crippen molar-refractivity contribution in [3.8, 4) is 0 Å². The molecule has 0 saturated carbocycles. The molecule has 0 unspecified atom stereocenters. The molecule has 0 rings (SSSR count). The second-order valence-electron chi connectivity index (χ2n) is 1.54. The second-order valence-corrected chi connectivity index (χ2v) is 2.10. The summed E-state index contributed by atoms with van der Waals surface area (Å²) >= 11 is 5.37. The molecule has 0 heterocycles. The third-order valence-corrected chi connectivity index (χ3v) is 1.19. The van der Waals surface area contributed by atoms with Gasteiger partial charge in [0.1, 0.15) is 0 Å². The van der Waals surface area contributed by atoms with Crippen LogP contribution in [0.5, 0.6) is 0 Å². The number of carbonyl (C=O) groups is 1. The van der Waals surface area contributed by atoms with Crippen LogP contribution in [0.15, 0.2) is 10.6 Å². The van der Waals surface area contributed by atoms with Gasteiger partial charge in [0.2, 0.25) is 0 Å². The van der Waals surface area contributed by atoms with E-state index in [1.807, 2.05) is 0 Å². The molecule has 0 atom stereocenters. The molecule has 3 nitrogen and oxygen atoms in total. The molecule has 52 valence electrons. The molecule has 0 aliphatic heterocycles. The fourth-order valence-electron chi connectivity index (χ4n) is 0.209. The molecule has 4 heteroatoms. The maximum Gasteiger partial charge on any atom is 0.369 e. The van der Waals surface area contributed by atoms with Gasteiger partial charge in [-0.15, -0.1) is 0 Å². The highest BCUT2D eigenvalue weighted by atomic mass is 35.5. The first-order valence-corrected chi connectivity index (χ1v) is 2.66. The Kier molecular flexibility index (Phi) is 3.27. The van der Waals surface area contributed by atoms with E-state index in [0.717, 1.165) is 0 Å². The van der Waals surface area contributed by atoms with Crippen LogP contribution >= 0.6 is 11.6 Å². The summed E-state index contributed by atoms with van der Waals surface area (Å²) in [7, 11) is 0. The molecule has 0 amide bonds. The van der Waals surface area contributed by atoms with Gasteiger partial charge in [0.25, 0.3) is 0 Å². The summed E-state index contributed by atoms with van der Waals surface area (Å²) in [5.41, 5.74) is 0.208. The minimum absolute atomic E-state index is 0.208. The normalized spacial score (nSPS) is 12.4. The fourth-order valence-corrected chi connectivity index (χ4v) is 0.286. The van der Waals surface area contributed by atoms with Crippen molar-refractivity contribution in [2.24, 2.45) is 0 Å². The Labute approximate surface area is 57.8 Å². The number of hydrogen-bond acceptors (Lipinski definition) is 3. The molecule has 0 bridgehead atoms. The molecule has 0 spiro atoms. The SMILES string of the molecule is CC(Cl)=C(C)C(=O)OO. The molecule has 0 aromatic rings. The van der Waals surface area contributed by atoms with Gasteiger partial charge >= 0.3 is 5.97 Å². The first kappa shape index (κ1) is 8.46. The minimum Gasteiger partial charge on any atom is -0.296 e. The van der Waals surface area contributed by atoms with Crippen molar-refractivity contribution in [2.45, 2.75) is 13.8 Å². The maximum absolute atomic E-state index is 10.3. The van der Waals surface area contributed by atoms with Gasteiger partial charge in [-0.1, -0.05) is 11.6 Å². The van der Waals surface area contributed by atoms with E-state index in [0.29, 0.717) is 5.03 Å². The Hall–Kier alpha value is -0.540. The minimum atomic E-state index is -0.817. The van der Waals surface area contributed by atoms with Gasteiger partial charge in [0.15, 0.2) is 0 Å². The van der Waals surface area contributed by atoms with Crippen LogP contribution in [0.4, 0.5) is 0 Å². The molecule has 0 saturated heterocycles. The quantitative estimate of drug-likeness (QED) is 0.350. The second kappa shape index (κ2) is 3.48. The van der Waals surface area contributed by atoms with Gasteiger partial charge in [-0.2, -0.15) is 5.26 Å². The summed E-state index contributed by atoms with van der Waals surface area (Å²) in [4.78, 5) is 13.7. The van der Waals surface area contributed by atoms with Crippen molar-refractivity contribution in [1.82, 2.24) is 0 Å². The lowest BCUT2D eigenvalue weighted by molar-refractivity contribution is -0.229. The van der Waals surface area contributed by atoms with Crippen molar-refractivity contribution in [3.05, 3.63) is 10.6 Å². The number of halogens is 1. The third-order valence-electron chi connectivity index (χ3n) is 0.906. The molecule has 0 aromatic carbocycles. The fraction of sp³-hybridized carbons (Fsp3) is 0.400. The Bertz CT molecular complexity index is 146. The largest absolute Gasteiger partial charge is 0.369 e. The van der Waals surface area contributed by atoms with E-state index >= 15 is 0 Å². The van der Waals surface area contributed by atoms with Crippen molar-refractivity contribution >= 4 is 17.6 Å². The Morgan fingerprint density at radius 1 is 1.56 bits per heavy atom. The summed E-state index contributed by atoms with van der Waals surface area (Å²) < 4.78 is 0. The van der Waals surface area contributed by atoms with Crippen LogP contribution in [0.3, 0.4) is 0 Å². The molecular weight excluding hydrogens is 144 g/mol. The average Bonchev–Trinajstić information content (AvgIpc) is 1.84. The van der Waals surface area contributed by atoms with Gasteiger partial charge in [-0.3, -0.25) is 4.89 Å². The van der Waals surface area contributed by atoms with Crippen LogP contribution in [0.2, 0.25) is 0 Å². The number of carbonyl (C=O) groups excluding carboxylic acids is 1. The topological polar surface area (TPSA) is 46.5 Å². The molecule has 0 fully saturated rings. The monoisotopic (exact) mass is 150 g/mol. The Morgan fingerprint density at radius 3 is 2.11 bits per heavy atom.